The quantitative estimate of drug-likeness (QED) is 0.629. The topological polar surface area (TPSA) is 95.9 Å². The number of aliphatic carboxylic acids is 1. The molecule has 0 aliphatic heterocycles. The number of esters is 1. The monoisotopic (exact) mass is 292 g/mol. The van der Waals surface area contributed by atoms with Crippen molar-refractivity contribution < 1.29 is 24.2 Å². The van der Waals surface area contributed by atoms with Gasteiger partial charge in [-0.05, 0) is 25.4 Å². The van der Waals surface area contributed by atoms with E-state index >= 15 is 0 Å². The number of carboxylic acid groups (broad SMARTS) is 1. The maximum absolute atomic E-state index is 11.7. The molecule has 0 spiro atoms. The van der Waals surface area contributed by atoms with Crippen molar-refractivity contribution in [1.29, 1.82) is 0 Å². The highest BCUT2D eigenvalue weighted by Crippen LogP contribution is 2.02. The number of carboxylic acids is 1. The van der Waals surface area contributed by atoms with E-state index in [1.807, 2.05) is 6.26 Å². The van der Waals surface area contributed by atoms with Gasteiger partial charge < -0.3 is 20.1 Å². The Kier molecular flexibility index (Phi) is 8.77. The van der Waals surface area contributed by atoms with Gasteiger partial charge in [-0.2, -0.15) is 11.8 Å². The number of nitrogens with one attached hydrogen (secondary N) is 1. The number of carbonyl (C=O) groups excluding carboxylic acids is 2. The number of rotatable bonds is 8. The minimum atomic E-state index is -1.09. The lowest BCUT2D eigenvalue weighted by atomic mass is 10.2. The van der Waals surface area contributed by atoms with E-state index in [1.165, 1.54) is 18.8 Å². The van der Waals surface area contributed by atoms with Gasteiger partial charge in [0.05, 0.1) is 6.61 Å². The van der Waals surface area contributed by atoms with Gasteiger partial charge >= 0.3 is 18.0 Å². The number of likely N-dealkylation sites (N-methyl/N-ethyl adjacent to an activating group) is 1. The smallest absolute Gasteiger partial charge is 0.326 e. The molecule has 110 valence electrons. The van der Waals surface area contributed by atoms with Crippen LogP contribution < -0.4 is 5.32 Å². The van der Waals surface area contributed by atoms with Crippen molar-refractivity contribution in [3.63, 3.8) is 0 Å². The Morgan fingerprint density at radius 3 is 2.53 bits per heavy atom. The first-order valence-electron chi connectivity index (χ1n) is 5.81. The van der Waals surface area contributed by atoms with Crippen molar-refractivity contribution in [2.24, 2.45) is 0 Å². The van der Waals surface area contributed by atoms with Crippen molar-refractivity contribution in [1.82, 2.24) is 10.2 Å². The third-order valence-electron chi connectivity index (χ3n) is 2.22. The zero-order chi connectivity index (χ0) is 14.8. The summed E-state index contributed by atoms with van der Waals surface area (Å²) in [6, 6.07) is -1.56. The number of amides is 2. The molecule has 2 N–H and O–H groups in total. The van der Waals surface area contributed by atoms with E-state index in [0.29, 0.717) is 12.2 Å². The summed E-state index contributed by atoms with van der Waals surface area (Å²) in [4.78, 5) is 34.9. The highest BCUT2D eigenvalue weighted by molar-refractivity contribution is 7.98. The van der Waals surface area contributed by atoms with Crippen LogP contribution in [0, 0.1) is 0 Å². The summed E-state index contributed by atoms with van der Waals surface area (Å²) >= 11 is 1.50. The molecule has 0 unspecified atom stereocenters. The average Bonchev–Trinajstić information content (AvgIpc) is 2.33. The van der Waals surface area contributed by atoms with E-state index < -0.39 is 24.0 Å². The average molecular weight is 292 g/mol. The zero-order valence-corrected chi connectivity index (χ0v) is 12.2. The predicted octanol–water partition coefficient (Wildman–Crippen LogP) is 0.397. The molecular weight excluding hydrogens is 272 g/mol. The van der Waals surface area contributed by atoms with Gasteiger partial charge in [-0.25, -0.2) is 9.59 Å². The first kappa shape index (κ1) is 17.6. The number of ether oxygens (including phenoxy) is 1. The van der Waals surface area contributed by atoms with Crippen LogP contribution in [0.5, 0.6) is 0 Å². The summed E-state index contributed by atoms with van der Waals surface area (Å²) in [5, 5.41) is 11.3. The number of thioether (sulfide) groups is 1. The van der Waals surface area contributed by atoms with E-state index in [1.54, 1.807) is 6.92 Å². The molecular formula is C11H20N2O5S. The molecule has 0 saturated carbocycles. The van der Waals surface area contributed by atoms with E-state index in [9.17, 15) is 14.4 Å². The van der Waals surface area contributed by atoms with E-state index in [4.69, 9.17) is 9.84 Å². The maximum Gasteiger partial charge on any atom is 0.326 e. The van der Waals surface area contributed by atoms with Gasteiger partial charge in [-0.1, -0.05) is 0 Å². The van der Waals surface area contributed by atoms with Crippen molar-refractivity contribution in [2.45, 2.75) is 19.4 Å². The molecule has 8 heteroatoms. The Balaban J connectivity index is 4.30. The Labute approximate surface area is 116 Å². The van der Waals surface area contributed by atoms with Gasteiger partial charge in [0.25, 0.3) is 0 Å². The second-order valence-electron chi connectivity index (χ2n) is 3.78. The van der Waals surface area contributed by atoms with Gasteiger partial charge in [0, 0.05) is 7.05 Å². The van der Waals surface area contributed by atoms with Crippen LogP contribution in [0.25, 0.3) is 0 Å². The number of hydrogen-bond donors (Lipinski definition) is 2. The second kappa shape index (κ2) is 9.48. The number of urea groups is 1. The highest BCUT2D eigenvalue weighted by Gasteiger charge is 2.22. The Bertz CT molecular complexity index is 324. The largest absolute Gasteiger partial charge is 0.480 e. The molecule has 2 amide bonds. The fourth-order valence-corrected chi connectivity index (χ4v) is 1.70. The first-order valence-corrected chi connectivity index (χ1v) is 7.20. The van der Waals surface area contributed by atoms with Gasteiger partial charge in [-0.3, -0.25) is 4.79 Å². The van der Waals surface area contributed by atoms with Gasteiger partial charge in [0.15, 0.2) is 0 Å². The van der Waals surface area contributed by atoms with Crippen LogP contribution in [0.4, 0.5) is 4.79 Å². The Morgan fingerprint density at radius 1 is 1.42 bits per heavy atom. The first-order chi connectivity index (χ1) is 8.92. The van der Waals surface area contributed by atoms with E-state index in [0.717, 1.165) is 4.90 Å². The van der Waals surface area contributed by atoms with E-state index in [2.05, 4.69) is 5.32 Å². The summed E-state index contributed by atoms with van der Waals surface area (Å²) in [5.74, 6) is -0.998. The number of nitrogens with zero attached hydrogens (tertiary/aromatic N) is 1. The van der Waals surface area contributed by atoms with Crippen molar-refractivity contribution in [3.05, 3.63) is 0 Å². The lowest BCUT2D eigenvalue weighted by Crippen LogP contribution is -2.48. The SMILES string of the molecule is CCOC(=O)CN(C)C(=O)N[C@@H](CCSC)C(=O)O. The van der Waals surface area contributed by atoms with Crippen LogP contribution in [-0.2, 0) is 14.3 Å². The third kappa shape index (κ3) is 7.55. The van der Waals surface area contributed by atoms with Crippen molar-refractivity contribution in [3.8, 4) is 0 Å². The lowest BCUT2D eigenvalue weighted by Gasteiger charge is -2.20. The Morgan fingerprint density at radius 2 is 2.05 bits per heavy atom. The molecule has 0 fully saturated rings. The molecule has 7 nitrogen and oxygen atoms in total. The summed E-state index contributed by atoms with van der Waals surface area (Å²) in [6.45, 7) is 1.69. The Hall–Kier alpha value is -1.44. The zero-order valence-electron chi connectivity index (χ0n) is 11.3. The maximum atomic E-state index is 11.7. The van der Waals surface area contributed by atoms with E-state index in [-0.39, 0.29) is 13.2 Å². The van der Waals surface area contributed by atoms with Crippen molar-refractivity contribution in [2.75, 3.05) is 32.2 Å². The molecule has 0 bridgehead atoms. The molecule has 0 saturated heterocycles. The van der Waals surface area contributed by atoms with Gasteiger partial charge in [0.1, 0.15) is 12.6 Å². The number of carbonyl (C=O) groups is 3. The summed E-state index contributed by atoms with van der Waals surface area (Å²) in [7, 11) is 1.40. The molecule has 0 heterocycles. The molecule has 0 aliphatic carbocycles. The van der Waals surface area contributed by atoms with Crippen molar-refractivity contribution >= 4 is 29.7 Å². The minimum Gasteiger partial charge on any atom is -0.480 e. The fourth-order valence-electron chi connectivity index (χ4n) is 1.22. The summed E-state index contributed by atoms with van der Waals surface area (Å²) in [5.41, 5.74) is 0. The number of hydrogen-bond acceptors (Lipinski definition) is 5. The molecule has 0 radical (unpaired) electrons. The summed E-state index contributed by atoms with van der Waals surface area (Å²) < 4.78 is 4.70. The normalized spacial score (nSPS) is 11.5. The predicted molar refractivity (Wildman–Crippen MR) is 72.2 cm³/mol. The van der Waals surface area contributed by atoms with Crippen LogP contribution >= 0.6 is 11.8 Å². The van der Waals surface area contributed by atoms with Gasteiger partial charge in [0.2, 0.25) is 0 Å². The van der Waals surface area contributed by atoms with Crippen LogP contribution in [0.1, 0.15) is 13.3 Å². The van der Waals surface area contributed by atoms with Crippen LogP contribution in [0.3, 0.4) is 0 Å². The van der Waals surface area contributed by atoms with Crippen LogP contribution in [0.2, 0.25) is 0 Å². The van der Waals surface area contributed by atoms with Crippen LogP contribution in [-0.4, -0.2) is 66.2 Å². The lowest BCUT2D eigenvalue weighted by molar-refractivity contribution is -0.143. The molecule has 0 aromatic rings. The molecule has 0 aliphatic rings. The molecule has 19 heavy (non-hydrogen) atoms. The minimum absolute atomic E-state index is 0.214. The third-order valence-corrected chi connectivity index (χ3v) is 2.87. The van der Waals surface area contributed by atoms with Crippen LogP contribution in [0.15, 0.2) is 0 Å². The fraction of sp³-hybridized carbons (Fsp3) is 0.727. The molecule has 0 rings (SSSR count). The molecule has 1 atom stereocenters. The molecule has 0 aromatic heterocycles. The molecule has 0 aromatic carbocycles. The standard InChI is InChI=1S/C11H20N2O5S/c1-4-18-9(14)7-13(2)11(17)12-8(10(15)16)5-6-19-3/h8H,4-7H2,1-3H3,(H,12,17)(H,15,16)/t8-/m0/s1. The highest BCUT2D eigenvalue weighted by atomic mass is 32.2. The van der Waals surface area contributed by atoms with Gasteiger partial charge in [-0.15, -0.1) is 0 Å². The second-order valence-corrected chi connectivity index (χ2v) is 4.77. The summed E-state index contributed by atoms with van der Waals surface area (Å²) in [6.07, 6.45) is 2.18.